The van der Waals surface area contributed by atoms with Gasteiger partial charge < -0.3 is 10.3 Å². The van der Waals surface area contributed by atoms with Crippen LogP contribution in [-0.2, 0) is 6.42 Å². The van der Waals surface area contributed by atoms with Crippen LogP contribution in [0.2, 0.25) is 0 Å². The molecule has 0 spiro atoms. The number of nitrogens with zero attached hydrogens (tertiary/aromatic N) is 1. The van der Waals surface area contributed by atoms with Gasteiger partial charge in [0.05, 0.1) is 5.69 Å². The van der Waals surface area contributed by atoms with Crippen molar-refractivity contribution in [2.75, 3.05) is 16.8 Å². The second kappa shape index (κ2) is 4.66. The molecule has 4 heteroatoms. The molecule has 3 aromatic rings. The van der Waals surface area contributed by atoms with Crippen molar-refractivity contribution in [1.82, 2.24) is 4.98 Å². The lowest BCUT2D eigenvalue weighted by molar-refractivity contribution is 0.257. The molecule has 0 saturated carbocycles. The van der Waals surface area contributed by atoms with E-state index < -0.39 is 0 Å². The maximum absolute atomic E-state index is 12.5. The first-order chi connectivity index (χ1) is 10.3. The summed E-state index contributed by atoms with van der Waals surface area (Å²) in [5.74, 6) is 0. The normalized spacial score (nSPS) is 13.4. The number of aromatic nitrogens is 1. The molecular weight excluding hydrogens is 262 g/mol. The van der Waals surface area contributed by atoms with E-state index >= 15 is 0 Å². The van der Waals surface area contributed by atoms with Crippen LogP contribution in [0, 0.1) is 0 Å². The molecule has 0 saturated heterocycles. The molecule has 21 heavy (non-hydrogen) atoms. The number of benzene rings is 2. The molecule has 0 unspecified atom stereocenters. The molecule has 4 rings (SSSR count). The largest absolute Gasteiger partial charge is 0.359 e. The van der Waals surface area contributed by atoms with Crippen molar-refractivity contribution in [3.05, 3.63) is 60.3 Å². The number of para-hydroxylation sites is 2. The van der Waals surface area contributed by atoms with E-state index in [0.29, 0.717) is 0 Å². The van der Waals surface area contributed by atoms with Crippen molar-refractivity contribution < 1.29 is 4.79 Å². The van der Waals surface area contributed by atoms with Crippen molar-refractivity contribution in [2.24, 2.45) is 0 Å². The van der Waals surface area contributed by atoms with Gasteiger partial charge >= 0.3 is 6.03 Å². The number of carbonyl (C=O) groups is 1. The molecule has 2 heterocycles. The number of urea groups is 1. The van der Waals surface area contributed by atoms with Gasteiger partial charge in [0.25, 0.3) is 0 Å². The molecule has 1 aliphatic rings. The fourth-order valence-corrected chi connectivity index (χ4v) is 2.91. The molecule has 0 aliphatic carbocycles. The SMILES string of the molecule is O=C(Nc1c[nH]c2ccccc12)N1CCc2ccccc21. The molecule has 0 radical (unpaired) electrons. The highest BCUT2D eigenvalue weighted by molar-refractivity contribution is 6.07. The molecular formula is C17H15N3O. The zero-order valence-corrected chi connectivity index (χ0v) is 11.5. The maximum atomic E-state index is 12.5. The number of anilines is 2. The number of fused-ring (bicyclic) bond motifs is 2. The van der Waals surface area contributed by atoms with Gasteiger partial charge in [-0.25, -0.2) is 4.79 Å². The molecule has 0 atom stereocenters. The molecule has 1 aromatic heterocycles. The number of nitrogens with one attached hydrogen (secondary N) is 2. The van der Waals surface area contributed by atoms with Crippen molar-refractivity contribution >= 4 is 28.3 Å². The summed E-state index contributed by atoms with van der Waals surface area (Å²) in [7, 11) is 0. The molecule has 2 aromatic carbocycles. The monoisotopic (exact) mass is 277 g/mol. The number of carbonyl (C=O) groups excluding carboxylic acids is 1. The molecule has 104 valence electrons. The topological polar surface area (TPSA) is 48.1 Å². The number of H-pyrrole nitrogens is 1. The Morgan fingerprint density at radius 2 is 1.90 bits per heavy atom. The van der Waals surface area contributed by atoms with Gasteiger partial charge in [0.15, 0.2) is 0 Å². The Morgan fingerprint density at radius 3 is 2.86 bits per heavy atom. The number of hydrogen-bond acceptors (Lipinski definition) is 1. The lowest BCUT2D eigenvalue weighted by atomic mass is 10.2. The van der Waals surface area contributed by atoms with Crippen molar-refractivity contribution in [2.45, 2.75) is 6.42 Å². The van der Waals surface area contributed by atoms with Crippen LogP contribution >= 0.6 is 0 Å². The quantitative estimate of drug-likeness (QED) is 0.699. The third-order valence-electron chi connectivity index (χ3n) is 3.96. The standard InChI is InChI=1S/C17H15N3O/c21-17(20-10-9-12-5-1-4-8-16(12)20)19-15-11-18-14-7-3-2-6-13(14)15/h1-8,11,18H,9-10H2,(H,19,21). The van der Waals surface area contributed by atoms with E-state index in [-0.39, 0.29) is 6.03 Å². The Kier molecular flexibility index (Phi) is 2.67. The van der Waals surface area contributed by atoms with Crippen LogP contribution in [0.15, 0.2) is 54.7 Å². The Morgan fingerprint density at radius 1 is 1.10 bits per heavy atom. The summed E-state index contributed by atoms with van der Waals surface area (Å²) in [6.45, 7) is 0.730. The summed E-state index contributed by atoms with van der Waals surface area (Å²) in [5.41, 5.74) is 4.08. The van der Waals surface area contributed by atoms with E-state index in [1.54, 1.807) is 4.90 Å². The Bertz CT molecular complexity index is 822. The zero-order valence-electron chi connectivity index (χ0n) is 11.5. The van der Waals surface area contributed by atoms with Crippen LogP contribution in [0.1, 0.15) is 5.56 Å². The van der Waals surface area contributed by atoms with Crippen LogP contribution in [0.3, 0.4) is 0 Å². The fraction of sp³-hybridized carbons (Fsp3) is 0.118. The summed E-state index contributed by atoms with van der Waals surface area (Å²) in [6, 6.07) is 15.9. The minimum absolute atomic E-state index is 0.0790. The number of hydrogen-bond donors (Lipinski definition) is 2. The lowest BCUT2D eigenvalue weighted by Gasteiger charge is -2.17. The minimum atomic E-state index is -0.0790. The highest BCUT2D eigenvalue weighted by Gasteiger charge is 2.24. The predicted octanol–water partition coefficient (Wildman–Crippen LogP) is 3.76. The van der Waals surface area contributed by atoms with Crippen molar-refractivity contribution in [3.8, 4) is 0 Å². The Hall–Kier alpha value is -2.75. The molecule has 4 nitrogen and oxygen atoms in total. The van der Waals surface area contributed by atoms with Crippen molar-refractivity contribution in [3.63, 3.8) is 0 Å². The van der Waals surface area contributed by atoms with Crippen LogP contribution < -0.4 is 10.2 Å². The highest BCUT2D eigenvalue weighted by atomic mass is 16.2. The molecule has 2 N–H and O–H groups in total. The van der Waals surface area contributed by atoms with E-state index in [0.717, 1.165) is 35.2 Å². The van der Waals surface area contributed by atoms with Gasteiger partial charge in [-0.3, -0.25) is 4.90 Å². The van der Waals surface area contributed by atoms with Gasteiger partial charge in [-0.05, 0) is 24.1 Å². The Labute approximate surface area is 122 Å². The van der Waals surface area contributed by atoms with E-state index in [4.69, 9.17) is 0 Å². The molecule has 1 aliphatic heterocycles. The van der Waals surface area contributed by atoms with Crippen LogP contribution in [0.4, 0.5) is 16.2 Å². The third kappa shape index (κ3) is 1.96. The van der Waals surface area contributed by atoms with Gasteiger partial charge in [0.2, 0.25) is 0 Å². The first-order valence-corrected chi connectivity index (χ1v) is 7.05. The maximum Gasteiger partial charge on any atom is 0.326 e. The predicted molar refractivity (Wildman–Crippen MR) is 84.8 cm³/mol. The first kappa shape index (κ1) is 12.0. The number of aromatic amines is 1. The van der Waals surface area contributed by atoms with E-state index in [1.165, 1.54) is 5.56 Å². The van der Waals surface area contributed by atoms with Crippen LogP contribution in [0.25, 0.3) is 10.9 Å². The summed E-state index contributed by atoms with van der Waals surface area (Å²) in [6.07, 6.45) is 2.75. The van der Waals surface area contributed by atoms with Crippen molar-refractivity contribution in [1.29, 1.82) is 0 Å². The average molecular weight is 277 g/mol. The average Bonchev–Trinajstić information content (AvgIpc) is 3.12. The summed E-state index contributed by atoms with van der Waals surface area (Å²) in [5, 5.41) is 4.03. The fourth-order valence-electron chi connectivity index (χ4n) is 2.91. The van der Waals surface area contributed by atoms with Gasteiger partial charge in [0.1, 0.15) is 0 Å². The lowest BCUT2D eigenvalue weighted by Crippen LogP contribution is -2.33. The van der Waals surface area contributed by atoms with Crippen LogP contribution in [0.5, 0.6) is 0 Å². The first-order valence-electron chi connectivity index (χ1n) is 7.05. The van der Waals surface area contributed by atoms with Crippen LogP contribution in [-0.4, -0.2) is 17.6 Å². The molecule has 2 amide bonds. The van der Waals surface area contributed by atoms with Gasteiger partial charge in [-0.15, -0.1) is 0 Å². The summed E-state index contributed by atoms with van der Waals surface area (Å²) < 4.78 is 0. The number of rotatable bonds is 1. The number of amides is 2. The van der Waals surface area contributed by atoms with E-state index in [1.807, 2.05) is 48.7 Å². The second-order valence-electron chi connectivity index (χ2n) is 5.21. The van der Waals surface area contributed by atoms with E-state index in [2.05, 4.69) is 16.4 Å². The van der Waals surface area contributed by atoms with Gasteiger partial charge in [-0.2, -0.15) is 0 Å². The molecule has 0 fully saturated rings. The van der Waals surface area contributed by atoms with E-state index in [9.17, 15) is 4.79 Å². The highest BCUT2D eigenvalue weighted by Crippen LogP contribution is 2.29. The second-order valence-corrected chi connectivity index (χ2v) is 5.21. The summed E-state index contributed by atoms with van der Waals surface area (Å²) >= 11 is 0. The Balaban J connectivity index is 1.62. The zero-order chi connectivity index (χ0) is 14.2. The van der Waals surface area contributed by atoms with Gasteiger partial charge in [-0.1, -0.05) is 36.4 Å². The smallest absolute Gasteiger partial charge is 0.326 e. The third-order valence-corrected chi connectivity index (χ3v) is 3.96. The van der Waals surface area contributed by atoms with Gasteiger partial charge in [0, 0.05) is 29.3 Å². The minimum Gasteiger partial charge on any atom is -0.359 e. The molecule has 0 bridgehead atoms. The summed E-state index contributed by atoms with van der Waals surface area (Å²) in [4.78, 5) is 17.5.